The molecular formula is C19H20N2O5. The van der Waals surface area contributed by atoms with Crippen molar-refractivity contribution in [2.24, 2.45) is 5.10 Å². The smallest absolute Gasteiger partial charge is 0.303 e. The van der Waals surface area contributed by atoms with Gasteiger partial charge in [-0.25, -0.2) is 5.01 Å². The molecule has 7 heteroatoms. The topological polar surface area (TPSA) is 92.3 Å². The summed E-state index contributed by atoms with van der Waals surface area (Å²) >= 11 is 0. The van der Waals surface area contributed by atoms with Crippen LogP contribution in [0.3, 0.4) is 0 Å². The molecule has 2 aromatic rings. The number of ether oxygens (including phenoxy) is 1. The molecule has 136 valence electrons. The van der Waals surface area contributed by atoms with Gasteiger partial charge in [-0.3, -0.25) is 9.59 Å². The number of hydrogen-bond acceptors (Lipinski definition) is 5. The van der Waals surface area contributed by atoms with Crippen molar-refractivity contribution in [3.63, 3.8) is 0 Å². The van der Waals surface area contributed by atoms with Gasteiger partial charge in [-0.15, -0.1) is 0 Å². The van der Waals surface area contributed by atoms with Gasteiger partial charge in [-0.1, -0.05) is 12.1 Å². The second kappa shape index (κ2) is 7.86. The fourth-order valence-corrected chi connectivity index (χ4v) is 2.95. The zero-order valence-corrected chi connectivity index (χ0v) is 14.4. The summed E-state index contributed by atoms with van der Waals surface area (Å²) in [5.74, 6) is 0.204. The van der Waals surface area contributed by atoms with Crippen LogP contribution in [0, 0.1) is 0 Å². The summed E-state index contributed by atoms with van der Waals surface area (Å²) < 4.78 is 10.7. The lowest BCUT2D eigenvalue weighted by Gasteiger charge is -2.22. The van der Waals surface area contributed by atoms with Gasteiger partial charge in [0.25, 0.3) is 0 Å². The summed E-state index contributed by atoms with van der Waals surface area (Å²) in [5.41, 5.74) is 1.59. The molecule has 0 radical (unpaired) electrons. The molecule has 1 aromatic carbocycles. The van der Waals surface area contributed by atoms with Gasteiger partial charge in [0.05, 0.1) is 19.4 Å². The van der Waals surface area contributed by atoms with E-state index in [0.717, 1.165) is 5.56 Å². The molecule has 26 heavy (non-hydrogen) atoms. The molecule has 3 rings (SSSR count). The Hall–Kier alpha value is -3.09. The van der Waals surface area contributed by atoms with Gasteiger partial charge >= 0.3 is 5.97 Å². The maximum absolute atomic E-state index is 12.6. The summed E-state index contributed by atoms with van der Waals surface area (Å²) in [6.45, 7) is 0. The first kappa shape index (κ1) is 17.7. The van der Waals surface area contributed by atoms with Crippen LogP contribution in [0.2, 0.25) is 0 Å². The minimum absolute atomic E-state index is 0.0435. The number of carboxylic acid groups (broad SMARTS) is 1. The zero-order chi connectivity index (χ0) is 18.5. The van der Waals surface area contributed by atoms with E-state index in [1.165, 1.54) is 5.01 Å². The fourth-order valence-electron chi connectivity index (χ4n) is 2.95. The van der Waals surface area contributed by atoms with Gasteiger partial charge in [0.1, 0.15) is 17.2 Å². The van der Waals surface area contributed by atoms with Crippen LogP contribution in [0.25, 0.3) is 0 Å². The number of methoxy groups -OCH3 is 1. The Morgan fingerprint density at radius 1 is 1.31 bits per heavy atom. The van der Waals surface area contributed by atoms with Crippen molar-refractivity contribution in [3.05, 3.63) is 54.0 Å². The zero-order valence-electron chi connectivity index (χ0n) is 14.4. The Balaban J connectivity index is 1.84. The van der Waals surface area contributed by atoms with Crippen LogP contribution in [-0.4, -0.2) is 34.8 Å². The number of rotatable bonds is 7. The van der Waals surface area contributed by atoms with Gasteiger partial charge in [-0.05, 0) is 36.2 Å². The maximum Gasteiger partial charge on any atom is 0.303 e. The Bertz CT molecular complexity index is 813. The van der Waals surface area contributed by atoms with E-state index in [1.807, 2.05) is 24.3 Å². The lowest BCUT2D eigenvalue weighted by atomic mass is 10.0. The van der Waals surface area contributed by atoms with Gasteiger partial charge in [0.15, 0.2) is 0 Å². The highest BCUT2D eigenvalue weighted by Gasteiger charge is 2.33. The highest BCUT2D eigenvalue weighted by Crippen LogP contribution is 2.34. The molecule has 7 nitrogen and oxygen atoms in total. The third kappa shape index (κ3) is 3.93. The second-order valence-electron chi connectivity index (χ2n) is 6.01. The van der Waals surface area contributed by atoms with Gasteiger partial charge < -0.3 is 14.3 Å². The van der Waals surface area contributed by atoms with Crippen LogP contribution in [0.1, 0.15) is 43.0 Å². The van der Waals surface area contributed by atoms with Gasteiger partial charge in [0, 0.05) is 19.3 Å². The minimum Gasteiger partial charge on any atom is -0.497 e. The predicted molar refractivity (Wildman–Crippen MR) is 93.9 cm³/mol. The lowest BCUT2D eigenvalue weighted by molar-refractivity contribution is -0.137. The predicted octanol–water partition coefficient (Wildman–Crippen LogP) is 3.22. The van der Waals surface area contributed by atoms with E-state index >= 15 is 0 Å². The summed E-state index contributed by atoms with van der Waals surface area (Å²) in [6, 6.07) is 10.8. The molecule has 1 aliphatic rings. The standard InChI is InChI=1S/C19H20N2O5/c1-25-14-6-2-5-13(11-14)16-12-15(17-7-4-10-26-17)20-21(16)18(22)8-3-9-19(23)24/h2,4-7,10-11,16H,3,8-9,12H2,1H3,(H,23,24). The molecule has 1 N–H and O–H groups in total. The molecule has 0 aliphatic carbocycles. The maximum atomic E-state index is 12.6. The number of aliphatic carboxylic acids is 1. The Morgan fingerprint density at radius 3 is 2.85 bits per heavy atom. The highest BCUT2D eigenvalue weighted by molar-refractivity contribution is 6.01. The van der Waals surface area contributed by atoms with E-state index in [4.69, 9.17) is 14.3 Å². The van der Waals surface area contributed by atoms with Crippen molar-refractivity contribution in [3.8, 4) is 5.75 Å². The van der Waals surface area contributed by atoms with Crippen molar-refractivity contribution in [1.82, 2.24) is 5.01 Å². The highest BCUT2D eigenvalue weighted by atomic mass is 16.5. The van der Waals surface area contributed by atoms with Crippen LogP contribution >= 0.6 is 0 Å². The number of nitrogens with zero attached hydrogens (tertiary/aromatic N) is 2. The molecule has 1 aromatic heterocycles. The number of furan rings is 1. The Morgan fingerprint density at radius 2 is 2.15 bits per heavy atom. The van der Waals surface area contributed by atoms with Crippen molar-refractivity contribution >= 4 is 17.6 Å². The van der Waals surface area contributed by atoms with Gasteiger partial charge in [0.2, 0.25) is 5.91 Å². The van der Waals surface area contributed by atoms with Crippen molar-refractivity contribution in [1.29, 1.82) is 0 Å². The number of carbonyl (C=O) groups is 2. The second-order valence-corrected chi connectivity index (χ2v) is 6.01. The Kier molecular flexibility index (Phi) is 5.36. The van der Waals surface area contributed by atoms with E-state index in [-0.39, 0.29) is 31.2 Å². The number of carboxylic acids is 1. The van der Waals surface area contributed by atoms with Crippen LogP contribution in [-0.2, 0) is 9.59 Å². The average molecular weight is 356 g/mol. The molecule has 0 fully saturated rings. The van der Waals surface area contributed by atoms with Crippen molar-refractivity contribution < 1.29 is 23.8 Å². The summed E-state index contributed by atoms with van der Waals surface area (Å²) in [7, 11) is 1.59. The number of amides is 1. The largest absolute Gasteiger partial charge is 0.497 e. The monoisotopic (exact) mass is 356 g/mol. The normalized spacial score (nSPS) is 16.4. The molecule has 0 saturated heterocycles. The minimum atomic E-state index is -0.914. The first-order chi connectivity index (χ1) is 12.6. The van der Waals surface area contributed by atoms with E-state index in [0.29, 0.717) is 23.6 Å². The SMILES string of the molecule is COc1cccc(C2CC(c3ccco3)=NN2C(=O)CCCC(=O)O)c1. The first-order valence-corrected chi connectivity index (χ1v) is 8.37. The van der Waals surface area contributed by atoms with Gasteiger partial charge in [-0.2, -0.15) is 5.10 Å². The molecular weight excluding hydrogens is 336 g/mol. The summed E-state index contributed by atoms with van der Waals surface area (Å²) in [5, 5.41) is 14.7. The molecule has 1 amide bonds. The number of hydrazone groups is 1. The van der Waals surface area contributed by atoms with Crippen LogP contribution in [0.15, 0.2) is 52.2 Å². The van der Waals surface area contributed by atoms with Crippen LogP contribution in [0.4, 0.5) is 0 Å². The average Bonchev–Trinajstić information content (AvgIpc) is 3.30. The molecule has 0 saturated carbocycles. The van der Waals surface area contributed by atoms with Crippen LogP contribution in [0.5, 0.6) is 5.75 Å². The quantitative estimate of drug-likeness (QED) is 0.822. The third-order valence-electron chi connectivity index (χ3n) is 4.23. The van der Waals surface area contributed by atoms with E-state index < -0.39 is 5.97 Å². The summed E-state index contributed by atoms with van der Waals surface area (Å²) in [4.78, 5) is 23.3. The van der Waals surface area contributed by atoms with Crippen molar-refractivity contribution in [2.75, 3.05) is 7.11 Å². The summed E-state index contributed by atoms with van der Waals surface area (Å²) in [6.07, 6.45) is 2.45. The molecule has 2 heterocycles. The molecule has 0 bridgehead atoms. The molecule has 1 atom stereocenters. The van der Waals surface area contributed by atoms with E-state index in [2.05, 4.69) is 5.10 Å². The van der Waals surface area contributed by atoms with Crippen LogP contribution < -0.4 is 4.74 Å². The number of benzene rings is 1. The van der Waals surface area contributed by atoms with E-state index in [1.54, 1.807) is 25.5 Å². The molecule has 1 unspecified atom stereocenters. The first-order valence-electron chi connectivity index (χ1n) is 8.37. The number of carbonyl (C=O) groups excluding carboxylic acids is 1. The number of hydrogen-bond donors (Lipinski definition) is 1. The van der Waals surface area contributed by atoms with E-state index in [9.17, 15) is 9.59 Å². The van der Waals surface area contributed by atoms with Crippen molar-refractivity contribution in [2.45, 2.75) is 31.7 Å². The lowest BCUT2D eigenvalue weighted by Crippen LogP contribution is -2.27. The molecule has 1 aliphatic heterocycles. The fraction of sp³-hybridized carbons (Fsp3) is 0.316. The third-order valence-corrected chi connectivity index (χ3v) is 4.23. The molecule has 0 spiro atoms. The Labute approximate surface area is 150 Å².